The molecular formula is C10H21AsO9S. The SMILES string of the molecule is C[As](C)(=O)C[C@H]1OC(OC[C@@H](O)CS(=O)(=O)O)C(O)[C@H]1O. The average molecular weight is 392 g/mol. The fourth-order valence-corrected chi connectivity index (χ4v) is 4.97. The number of ether oxygens (including phenoxy) is 2. The molecule has 1 rings (SSSR count). The summed E-state index contributed by atoms with van der Waals surface area (Å²) < 4.78 is 51.7. The van der Waals surface area contributed by atoms with E-state index >= 15 is 0 Å². The average Bonchev–Trinajstić information content (AvgIpc) is 2.50. The molecule has 2 unspecified atom stereocenters. The zero-order valence-corrected chi connectivity index (χ0v) is 14.4. The minimum absolute atomic E-state index is 0.115. The van der Waals surface area contributed by atoms with Gasteiger partial charge in [0.25, 0.3) is 0 Å². The summed E-state index contributed by atoms with van der Waals surface area (Å²) in [5.41, 5.74) is 3.15. The van der Waals surface area contributed by atoms with Crippen molar-refractivity contribution in [2.24, 2.45) is 0 Å². The predicted octanol–water partition coefficient (Wildman–Crippen LogP) is -1.67. The van der Waals surface area contributed by atoms with Crippen LogP contribution in [0.5, 0.6) is 0 Å². The molecule has 126 valence electrons. The van der Waals surface area contributed by atoms with Crippen molar-refractivity contribution < 1.29 is 41.5 Å². The fourth-order valence-electron chi connectivity index (χ4n) is 1.93. The second-order valence-electron chi connectivity index (χ2n) is 5.52. The molecule has 1 aliphatic rings. The Balaban J connectivity index is 2.52. The molecule has 0 spiro atoms. The van der Waals surface area contributed by atoms with Crippen LogP contribution in [0.25, 0.3) is 0 Å². The van der Waals surface area contributed by atoms with Crippen molar-refractivity contribution >= 4 is 23.6 Å². The van der Waals surface area contributed by atoms with Gasteiger partial charge in [-0.05, 0) is 0 Å². The Morgan fingerprint density at radius 1 is 1.29 bits per heavy atom. The van der Waals surface area contributed by atoms with Crippen LogP contribution in [0.15, 0.2) is 0 Å². The molecule has 0 aliphatic carbocycles. The molecule has 11 heteroatoms. The van der Waals surface area contributed by atoms with Gasteiger partial charge in [0.15, 0.2) is 0 Å². The third kappa shape index (κ3) is 6.79. The van der Waals surface area contributed by atoms with Crippen LogP contribution in [0.2, 0.25) is 16.6 Å². The normalized spacial score (nSPS) is 32.3. The van der Waals surface area contributed by atoms with Gasteiger partial charge in [0.1, 0.15) is 0 Å². The Hall–Kier alpha value is 0.0684. The number of hydrogen-bond acceptors (Lipinski definition) is 8. The molecule has 0 aromatic rings. The zero-order valence-electron chi connectivity index (χ0n) is 11.7. The van der Waals surface area contributed by atoms with E-state index in [-0.39, 0.29) is 5.21 Å². The Labute approximate surface area is 125 Å². The number of rotatable bonds is 7. The predicted molar refractivity (Wildman–Crippen MR) is 72.0 cm³/mol. The van der Waals surface area contributed by atoms with Crippen molar-refractivity contribution in [1.82, 2.24) is 0 Å². The molecule has 0 amide bonds. The van der Waals surface area contributed by atoms with Gasteiger partial charge in [0, 0.05) is 0 Å². The van der Waals surface area contributed by atoms with Gasteiger partial charge in [-0.1, -0.05) is 0 Å². The summed E-state index contributed by atoms with van der Waals surface area (Å²) >= 11 is -3.09. The summed E-state index contributed by atoms with van der Waals surface area (Å²) in [6.45, 7) is -0.512. The van der Waals surface area contributed by atoms with Gasteiger partial charge in [0.2, 0.25) is 0 Å². The van der Waals surface area contributed by atoms with E-state index in [2.05, 4.69) is 0 Å². The zero-order chi connectivity index (χ0) is 16.4. The Bertz CT molecular complexity index is 487. The molecule has 0 radical (unpaired) electrons. The number of aliphatic hydroxyl groups excluding tert-OH is 3. The van der Waals surface area contributed by atoms with Crippen molar-refractivity contribution in [2.75, 3.05) is 12.4 Å². The monoisotopic (exact) mass is 392 g/mol. The van der Waals surface area contributed by atoms with E-state index in [9.17, 15) is 27.5 Å². The fraction of sp³-hybridized carbons (Fsp3) is 1.00. The minimum atomic E-state index is -4.35. The molecule has 5 atom stereocenters. The van der Waals surface area contributed by atoms with E-state index in [1.807, 2.05) is 0 Å². The molecule has 21 heavy (non-hydrogen) atoms. The van der Waals surface area contributed by atoms with E-state index in [0.29, 0.717) is 0 Å². The van der Waals surface area contributed by atoms with Crippen LogP contribution in [0, 0.1) is 0 Å². The number of aliphatic hydroxyl groups is 3. The van der Waals surface area contributed by atoms with Crippen LogP contribution in [-0.4, -0.2) is 84.8 Å². The topological polar surface area (TPSA) is 151 Å². The third-order valence-corrected chi connectivity index (χ3v) is 6.20. The van der Waals surface area contributed by atoms with E-state index in [0.717, 1.165) is 0 Å². The van der Waals surface area contributed by atoms with E-state index in [1.165, 1.54) is 0 Å². The van der Waals surface area contributed by atoms with Gasteiger partial charge in [0.05, 0.1) is 0 Å². The molecular weight excluding hydrogens is 371 g/mol. The first-order valence-electron chi connectivity index (χ1n) is 6.19. The summed E-state index contributed by atoms with van der Waals surface area (Å²) in [7, 11) is -4.35. The molecule has 1 heterocycles. The summed E-state index contributed by atoms with van der Waals surface area (Å²) in [5.74, 6) is -0.913. The standard InChI is InChI=1S/C10H21AsO9S/c1-11(2,15)3-7-8(13)9(14)10(20-7)19-4-6(12)5-21(16,17)18/h6-10,12-14H,3-5H2,1-2H3,(H,16,17,18)/t6-,7-,8+,9?,10?/m1/s1. The van der Waals surface area contributed by atoms with Crippen molar-refractivity contribution in [3.8, 4) is 0 Å². The molecule has 0 bridgehead atoms. The van der Waals surface area contributed by atoms with E-state index in [1.54, 1.807) is 11.4 Å². The van der Waals surface area contributed by atoms with Gasteiger partial charge in [-0.25, -0.2) is 0 Å². The van der Waals surface area contributed by atoms with Crippen LogP contribution in [-0.2, 0) is 23.3 Å². The quantitative estimate of drug-likeness (QED) is 0.295. The summed E-state index contributed by atoms with van der Waals surface area (Å²) in [6.07, 6.45) is -6.27. The summed E-state index contributed by atoms with van der Waals surface area (Å²) in [5, 5.41) is 29.0. The van der Waals surface area contributed by atoms with Gasteiger partial charge >= 0.3 is 125 Å². The number of hydrogen-bond donors (Lipinski definition) is 4. The second kappa shape index (κ2) is 7.10. The Morgan fingerprint density at radius 2 is 1.86 bits per heavy atom. The van der Waals surface area contributed by atoms with Crippen molar-refractivity contribution in [1.29, 1.82) is 0 Å². The molecule has 4 N–H and O–H groups in total. The Morgan fingerprint density at radius 3 is 2.33 bits per heavy atom. The van der Waals surface area contributed by atoms with Crippen LogP contribution >= 0.6 is 0 Å². The first-order chi connectivity index (χ1) is 9.39. The molecule has 1 fully saturated rings. The maximum absolute atomic E-state index is 11.8. The first kappa shape index (κ1) is 19.1. The van der Waals surface area contributed by atoms with E-state index < -0.39 is 66.7 Å². The molecule has 1 saturated heterocycles. The molecule has 9 nitrogen and oxygen atoms in total. The van der Waals surface area contributed by atoms with Crippen LogP contribution < -0.4 is 0 Å². The molecule has 1 aliphatic heterocycles. The molecule has 0 saturated carbocycles. The van der Waals surface area contributed by atoms with Gasteiger partial charge < -0.3 is 0 Å². The summed E-state index contributed by atoms with van der Waals surface area (Å²) in [4.78, 5) is 0. The first-order valence-corrected chi connectivity index (χ1v) is 13.6. The van der Waals surface area contributed by atoms with Gasteiger partial charge in [-0.2, -0.15) is 0 Å². The third-order valence-electron chi connectivity index (χ3n) is 2.79. The van der Waals surface area contributed by atoms with Crippen LogP contribution in [0.1, 0.15) is 0 Å². The van der Waals surface area contributed by atoms with Crippen molar-refractivity contribution in [3.05, 3.63) is 0 Å². The van der Waals surface area contributed by atoms with Crippen LogP contribution in [0.3, 0.4) is 0 Å². The molecule has 0 aromatic carbocycles. The van der Waals surface area contributed by atoms with E-state index in [4.69, 9.17) is 14.0 Å². The molecule has 0 aromatic heterocycles. The van der Waals surface area contributed by atoms with Crippen molar-refractivity contribution in [2.45, 2.75) is 47.3 Å². The van der Waals surface area contributed by atoms with Gasteiger partial charge in [-0.3, -0.25) is 0 Å². The van der Waals surface area contributed by atoms with Crippen LogP contribution in [0.4, 0.5) is 0 Å². The maximum atomic E-state index is 11.8. The second-order valence-corrected chi connectivity index (χ2v) is 14.4. The van der Waals surface area contributed by atoms with Gasteiger partial charge in [-0.15, -0.1) is 0 Å². The summed E-state index contributed by atoms with van der Waals surface area (Å²) in [6, 6.07) is 0. The van der Waals surface area contributed by atoms with Crippen molar-refractivity contribution in [3.63, 3.8) is 0 Å². The Kier molecular flexibility index (Phi) is 6.46.